The minimum atomic E-state index is -0.210. The maximum absolute atomic E-state index is 12.0. The highest BCUT2D eigenvalue weighted by Gasteiger charge is 2.23. The molecule has 0 aliphatic heterocycles. The number of ether oxygens (including phenoxy) is 1. The van der Waals surface area contributed by atoms with Crippen molar-refractivity contribution in [3.05, 3.63) is 29.8 Å². The van der Waals surface area contributed by atoms with Gasteiger partial charge >= 0.3 is 0 Å². The smallest absolute Gasteiger partial charge is 0.224 e. The van der Waals surface area contributed by atoms with Gasteiger partial charge in [0, 0.05) is 5.54 Å². The van der Waals surface area contributed by atoms with Gasteiger partial charge in [0.05, 0.1) is 13.5 Å². The van der Waals surface area contributed by atoms with Gasteiger partial charge in [-0.2, -0.15) is 0 Å². The summed E-state index contributed by atoms with van der Waals surface area (Å²) >= 11 is 0. The summed E-state index contributed by atoms with van der Waals surface area (Å²) in [7, 11) is 1.63. The molecule has 0 fully saturated rings. The third kappa shape index (κ3) is 4.91. The second-order valence-electron chi connectivity index (χ2n) is 5.03. The minimum absolute atomic E-state index is 0.0305. The first-order valence-corrected chi connectivity index (χ1v) is 6.67. The Kier molecular flexibility index (Phi) is 5.83. The van der Waals surface area contributed by atoms with E-state index in [1.807, 2.05) is 31.2 Å². The monoisotopic (exact) mass is 264 g/mol. The normalized spacial score (nSPS) is 13.7. The fourth-order valence-electron chi connectivity index (χ4n) is 1.96. The maximum Gasteiger partial charge on any atom is 0.224 e. The average Bonchev–Trinajstić information content (AvgIpc) is 2.39. The fraction of sp³-hybridized carbons (Fsp3) is 0.533. The molecule has 0 aliphatic rings. The highest BCUT2D eigenvalue weighted by molar-refractivity contribution is 5.79. The van der Waals surface area contributed by atoms with Gasteiger partial charge in [-0.25, -0.2) is 0 Å². The van der Waals surface area contributed by atoms with E-state index in [0.717, 1.165) is 24.2 Å². The number of carbonyl (C=O) groups excluding carboxylic acids is 1. The molecule has 1 amide bonds. The number of amides is 1. The zero-order valence-corrected chi connectivity index (χ0v) is 12.0. The van der Waals surface area contributed by atoms with Crippen molar-refractivity contribution < 1.29 is 9.53 Å². The Morgan fingerprint density at radius 2 is 2.00 bits per heavy atom. The van der Waals surface area contributed by atoms with Crippen LogP contribution in [0.2, 0.25) is 0 Å². The van der Waals surface area contributed by atoms with Crippen molar-refractivity contribution in [1.29, 1.82) is 0 Å². The van der Waals surface area contributed by atoms with E-state index in [1.54, 1.807) is 7.11 Å². The van der Waals surface area contributed by atoms with E-state index in [0.29, 0.717) is 13.0 Å². The first-order valence-electron chi connectivity index (χ1n) is 6.67. The lowest BCUT2D eigenvalue weighted by Gasteiger charge is -2.29. The number of nitrogens with two attached hydrogens (primary N) is 1. The van der Waals surface area contributed by atoms with Crippen LogP contribution < -0.4 is 15.8 Å². The Labute approximate surface area is 115 Å². The zero-order valence-electron chi connectivity index (χ0n) is 12.0. The van der Waals surface area contributed by atoms with E-state index >= 15 is 0 Å². The highest BCUT2D eigenvalue weighted by atomic mass is 16.5. The molecule has 1 unspecified atom stereocenters. The molecule has 4 heteroatoms. The molecule has 1 rings (SSSR count). The number of rotatable bonds is 7. The van der Waals surface area contributed by atoms with Crippen LogP contribution in [0.1, 0.15) is 32.3 Å². The second-order valence-corrected chi connectivity index (χ2v) is 5.03. The van der Waals surface area contributed by atoms with Crippen molar-refractivity contribution in [2.75, 3.05) is 13.7 Å². The third-order valence-electron chi connectivity index (χ3n) is 3.44. The summed E-state index contributed by atoms with van der Waals surface area (Å²) in [5, 5.41) is 3.07. The van der Waals surface area contributed by atoms with Gasteiger partial charge < -0.3 is 15.8 Å². The molecule has 1 aromatic rings. The van der Waals surface area contributed by atoms with Crippen LogP contribution in [-0.4, -0.2) is 25.1 Å². The lowest BCUT2D eigenvalue weighted by Crippen LogP contribution is -2.47. The molecule has 0 heterocycles. The quantitative estimate of drug-likeness (QED) is 0.790. The Morgan fingerprint density at radius 3 is 2.47 bits per heavy atom. The van der Waals surface area contributed by atoms with E-state index in [9.17, 15) is 4.79 Å². The van der Waals surface area contributed by atoms with Crippen LogP contribution in [0, 0.1) is 0 Å². The number of methoxy groups -OCH3 is 1. The summed E-state index contributed by atoms with van der Waals surface area (Å²) in [6, 6.07) is 7.54. The van der Waals surface area contributed by atoms with Crippen LogP contribution in [-0.2, 0) is 11.2 Å². The van der Waals surface area contributed by atoms with Crippen LogP contribution >= 0.6 is 0 Å². The van der Waals surface area contributed by atoms with Crippen LogP contribution in [0.4, 0.5) is 0 Å². The summed E-state index contributed by atoms with van der Waals surface area (Å²) in [6.45, 7) is 4.67. The highest BCUT2D eigenvalue weighted by Crippen LogP contribution is 2.15. The molecule has 106 valence electrons. The van der Waals surface area contributed by atoms with Crippen LogP contribution in [0.25, 0.3) is 0 Å². The van der Waals surface area contributed by atoms with Gasteiger partial charge in [-0.1, -0.05) is 19.1 Å². The first-order chi connectivity index (χ1) is 9.03. The average molecular weight is 264 g/mol. The lowest BCUT2D eigenvalue weighted by molar-refractivity contribution is -0.122. The van der Waals surface area contributed by atoms with Crippen molar-refractivity contribution >= 4 is 5.91 Å². The molecule has 3 N–H and O–H groups in total. The Hall–Kier alpha value is -1.55. The Bertz CT molecular complexity index is 403. The molecule has 0 radical (unpaired) electrons. The predicted octanol–water partition coefficient (Wildman–Crippen LogP) is 1.87. The van der Waals surface area contributed by atoms with E-state index in [2.05, 4.69) is 12.2 Å². The van der Waals surface area contributed by atoms with Crippen LogP contribution in [0.15, 0.2) is 24.3 Å². The van der Waals surface area contributed by atoms with Gasteiger partial charge in [0.1, 0.15) is 5.75 Å². The number of carbonyl (C=O) groups is 1. The summed E-state index contributed by atoms with van der Waals surface area (Å²) in [6.07, 6.45) is 2.04. The van der Waals surface area contributed by atoms with Crippen molar-refractivity contribution in [3.8, 4) is 5.75 Å². The van der Waals surface area contributed by atoms with E-state index in [4.69, 9.17) is 10.5 Å². The molecule has 0 spiro atoms. The molecule has 1 aromatic carbocycles. The van der Waals surface area contributed by atoms with E-state index < -0.39 is 0 Å². The van der Waals surface area contributed by atoms with Crippen LogP contribution in [0.3, 0.4) is 0 Å². The van der Waals surface area contributed by atoms with E-state index in [1.165, 1.54) is 0 Å². The van der Waals surface area contributed by atoms with Gasteiger partial charge in [0.25, 0.3) is 0 Å². The van der Waals surface area contributed by atoms with Crippen molar-refractivity contribution in [2.45, 2.75) is 38.6 Å². The second kappa shape index (κ2) is 7.14. The molecule has 0 aliphatic carbocycles. The number of hydrogen-bond donors (Lipinski definition) is 2. The summed E-state index contributed by atoms with van der Waals surface area (Å²) < 4.78 is 5.09. The molecule has 0 bridgehead atoms. The molecular weight excluding hydrogens is 240 g/mol. The lowest BCUT2D eigenvalue weighted by atomic mass is 9.94. The number of hydrogen-bond acceptors (Lipinski definition) is 3. The predicted molar refractivity (Wildman–Crippen MR) is 77.2 cm³/mol. The van der Waals surface area contributed by atoms with Crippen molar-refractivity contribution in [3.63, 3.8) is 0 Å². The standard InChI is InChI=1S/C15H24N2O2/c1-4-15(2,9-10-16)17-14(18)11-12-5-7-13(19-3)8-6-12/h5-8H,4,9-11,16H2,1-3H3,(H,17,18). The SMILES string of the molecule is CCC(C)(CCN)NC(=O)Cc1ccc(OC)cc1. The van der Waals surface area contributed by atoms with Gasteiger partial charge in [0.2, 0.25) is 5.91 Å². The zero-order chi connectivity index (χ0) is 14.3. The van der Waals surface area contributed by atoms with Gasteiger partial charge in [-0.15, -0.1) is 0 Å². The molecule has 1 atom stereocenters. The molecular formula is C15H24N2O2. The molecule has 0 saturated heterocycles. The minimum Gasteiger partial charge on any atom is -0.497 e. The molecule has 19 heavy (non-hydrogen) atoms. The number of nitrogens with one attached hydrogen (secondary N) is 1. The third-order valence-corrected chi connectivity index (χ3v) is 3.44. The largest absolute Gasteiger partial charge is 0.497 e. The molecule has 0 aromatic heterocycles. The summed E-state index contributed by atoms with van der Waals surface area (Å²) in [5.74, 6) is 0.827. The Morgan fingerprint density at radius 1 is 1.37 bits per heavy atom. The topological polar surface area (TPSA) is 64.3 Å². The Balaban J connectivity index is 2.58. The summed E-state index contributed by atoms with van der Waals surface area (Å²) in [4.78, 5) is 12.0. The fourth-order valence-corrected chi connectivity index (χ4v) is 1.96. The molecule has 0 saturated carbocycles. The van der Waals surface area contributed by atoms with Gasteiger partial charge in [0.15, 0.2) is 0 Å². The van der Waals surface area contributed by atoms with Crippen LogP contribution in [0.5, 0.6) is 5.75 Å². The maximum atomic E-state index is 12.0. The van der Waals surface area contributed by atoms with Gasteiger partial charge in [-0.3, -0.25) is 4.79 Å². The number of benzene rings is 1. The molecule has 4 nitrogen and oxygen atoms in total. The van der Waals surface area contributed by atoms with Gasteiger partial charge in [-0.05, 0) is 44.0 Å². The van der Waals surface area contributed by atoms with E-state index in [-0.39, 0.29) is 11.4 Å². The first kappa shape index (κ1) is 15.5. The van der Waals surface area contributed by atoms with Crippen molar-refractivity contribution in [1.82, 2.24) is 5.32 Å². The van der Waals surface area contributed by atoms with Crippen molar-refractivity contribution in [2.24, 2.45) is 5.73 Å². The summed E-state index contributed by atoms with van der Waals surface area (Å²) in [5.41, 5.74) is 6.35.